The zero-order chi connectivity index (χ0) is 14.7. The minimum Gasteiger partial charge on any atom is -0.377 e. The predicted octanol–water partition coefficient (Wildman–Crippen LogP) is 3.42. The molecule has 0 saturated heterocycles. The van der Waals surface area contributed by atoms with Crippen LogP contribution in [0.3, 0.4) is 0 Å². The standard InChI is InChI=1S/C15H13N3OS2/c16-15-17-18(9-8-12(19)13-7-4-10-20-13)14(21-15)11-5-2-1-3-6-11/h1-10,14H,(H2,16,17)/b9-8+. The van der Waals surface area contributed by atoms with E-state index in [4.69, 9.17) is 5.73 Å². The van der Waals surface area contributed by atoms with E-state index in [2.05, 4.69) is 5.10 Å². The fraction of sp³-hybridized carbons (Fsp3) is 0.0667. The number of thiophene rings is 1. The van der Waals surface area contributed by atoms with Gasteiger partial charge in [-0.25, -0.2) is 0 Å². The van der Waals surface area contributed by atoms with Crippen LogP contribution >= 0.6 is 23.1 Å². The molecule has 1 atom stereocenters. The normalized spacial score (nSPS) is 18.2. The van der Waals surface area contributed by atoms with Gasteiger partial charge in [0, 0.05) is 12.3 Å². The number of hydrogen-bond donors (Lipinski definition) is 1. The van der Waals surface area contributed by atoms with E-state index in [1.165, 1.54) is 29.2 Å². The molecule has 2 N–H and O–H groups in total. The second-order valence-corrected chi connectivity index (χ2v) is 6.40. The summed E-state index contributed by atoms with van der Waals surface area (Å²) in [6, 6.07) is 13.6. The lowest BCUT2D eigenvalue weighted by Crippen LogP contribution is -2.11. The molecular weight excluding hydrogens is 302 g/mol. The van der Waals surface area contributed by atoms with Crippen LogP contribution in [0.4, 0.5) is 0 Å². The van der Waals surface area contributed by atoms with E-state index in [1.54, 1.807) is 11.2 Å². The van der Waals surface area contributed by atoms with E-state index in [9.17, 15) is 4.79 Å². The topological polar surface area (TPSA) is 58.7 Å². The molecule has 106 valence electrons. The molecular formula is C15H13N3OS2. The fourth-order valence-corrected chi connectivity index (χ4v) is 3.49. The molecule has 0 aliphatic carbocycles. The average Bonchev–Trinajstić information content (AvgIpc) is 3.15. The van der Waals surface area contributed by atoms with E-state index in [1.807, 2.05) is 47.8 Å². The molecule has 1 aliphatic rings. The van der Waals surface area contributed by atoms with E-state index in [0.717, 1.165) is 5.56 Å². The van der Waals surface area contributed by atoms with Crippen molar-refractivity contribution in [1.29, 1.82) is 0 Å². The number of rotatable bonds is 4. The van der Waals surface area contributed by atoms with Crippen LogP contribution in [0.15, 0.2) is 65.2 Å². The van der Waals surface area contributed by atoms with Crippen LogP contribution in [0.2, 0.25) is 0 Å². The number of benzene rings is 1. The fourth-order valence-electron chi connectivity index (χ4n) is 1.95. The molecule has 2 heterocycles. The minimum atomic E-state index is -0.0291. The Kier molecular flexibility index (Phi) is 4.08. The van der Waals surface area contributed by atoms with Gasteiger partial charge in [0.25, 0.3) is 0 Å². The van der Waals surface area contributed by atoms with Crippen molar-refractivity contribution in [1.82, 2.24) is 5.01 Å². The van der Waals surface area contributed by atoms with Crippen LogP contribution < -0.4 is 5.73 Å². The first-order valence-corrected chi connectivity index (χ1v) is 8.10. The maximum atomic E-state index is 12.0. The minimum absolute atomic E-state index is 0.0255. The maximum absolute atomic E-state index is 12.0. The molecule has 6 heteroatoms. The highest BCUT2D eigenvalue weighted by Crippen LogP contribution is 2.37. The van der Waals surface area contributed by atoms with Gasteiger partial charge in [-0.1, -0.05) is 48.2 Å². The van der Waals surface area contributed by atoms with E-state index in [-0.39, 0.29) is 11.2 Å². The van der Waals surface area contributed by atoms with Gasteiger partial charge in [-0.15, -0.1) is 16.4 Å². The number of allylic oxidation sites excluding steroid dienone is 1. The van der Waals surface area contributed by atoms with Crippen molar-refractivity contribution >= 4 is 34.0 Å². The Bertz CT molecular complexity index is 680. The number of amidine groups is 1. The van der Waals surface area contributed by atoms with Crippen LogP contribution in [0.1, 0.15) is 20.6 Å². The largest absolute Gasteiger partial charge is 0.377 e. The summed E-state index contributed by atoms with van der Waals surface area (Å²) in [4.78, 5) is 12.7. The third-order valence-corrected chi connectivity index (χ3v) is 4.83. The third-order valence-electron chi connectivity index (χ3n) is 2.91. The lowest BCUT2D eigenvalue weighted by molar-refractivity contribution is 0.104. The highest BCUT2D eigenvalue weighted by atomic mass is 32.2. The summed E-state index contributed by atoms with van der Waals surface area (Å²) >= 11 is 2.90. The number of hydrogen-bond acceptors (Lipinski definition) is 6. The number of carbonyl (C=O) groups is 1. The molecule has 0 fully saturated rings. The quantitative estimate of drug-likeness (QED) is 0.694. The van der Waals surface area contributed by atoms with Gasteiger partial charge < -0.3 is 5.73 Å². The summed E-state index contributed by atoms with van der Waals surface area (Å²) in [7, 11) is 0. The van der Waals surface area contributed by atoms with Crippen molar-refractivity contribution in [3.63, 3.8) is 0 Å². The monoisotopic (exact) mass is 315 g/mol. The van der Waals surface area contributed by atoms with Gasteiger partial charge in [-0.05, 0) is 17.0 Å². The molecule has 0 saturated carbocycles. The Morgan fingerprint density at radius 3 is 2.76 bits per heavy atom. The number of hydrazone groups is 1. The summed E-state index contributed by atoms with van der Waals surface area (Å²) in [6.45, 7) is 0. The zero-order valence-electron chi connectivity index (χ0n) is 11.0. The third kappa shape index (κ3) is 3.17. The Morgan fingerprint density at radius 1 is 1.24 bits per heavy atom. The number of thioether (sulfide) groups is 1. The second kappa shape index (κ2) is 6.15. The Labute approximate surface area is 131 Å². The molecule has 4 nitrogen and oxygen atoms in total. The Hall–Kier alpha value is -2.05. The first-order valence-electron chi connectivity index (χ1n) is 6.34. The van der Waals surface area contributed by atoms with Crippen molar-refractivity contribution < 1.29 is 4.79 Å². The summed E-state index contributed by atoms with van der Waals surface area (Å²) in [5.41, 5.74) is 6.91. The summed E-state index contributed by atoms with van der Waals surface area (Å²) < 4.78 is 0. The summed E-state index contributed by atoms with van der Waals surface area (Å²) in [5.74, 6) is -0.0255. The van der Waals surface area contributed by atoms with E-state index >= 15 is 0 Å². The van der Waals surface area contributed by atoms with Crippen molar-refractivity contribution in [2.45, 2.75) is 5.37 Å². The molecule has 3 rings (SSSR count). The molecule has 1 aliphatic heterocycles. The van der Waals surface area contributed by atoms with Crippen LogP contribution in [0.25, 0.3) is 0 Å². The summed E-state index contributed by atoms with van der Waals surface area (Å²) in [6.07, 6.45) is 3.22. The number of nitrogens with two attached hydrogens (primary N) is 1. The van der Waals surface area contributed by atoms with Gasteiger partial charge in [0.1, 0.15) is 5.37 Å². The molecule has 1 aromatic heterocycles. The van der Waals surface area contributed by atoms with Gasteiger partial charge in [-0.2, -0.15) is 0 Å². The van der Waals surface area contributed by atoms with Gasteiger partial charge in [0.05, 0.1) is 4.88 Å². The molecule has 0 radical (unpaired) electrons. The summed E-state index contributed by atoms with van der Waals surface area (Å²) in [5, 5.41) is 8.33. The van der Waals surface area contributed by atoms with Crippen molar-refractivity contribution in [3.05, 3.63) is 70.6 Å². The lowest BCUT2D eigenvalue weighted by atomic mass is 10.2. The number of nitrogens with zero attached hydrogens (tertiary/aromatic N) is 2. The molecule has 21 heavy (non-hydrogen) atoms. The Balaban J connectivity index is 1.78. The first-order chi connectivity index (χ1) is 10.2. The van der Waals surface area contributed by atoms with Crippen molar-refractivity contribution in [3.8, 4) is 0 Å². The van der Waals surface area contributed by atoms with Crippen LogP contribution in [0, 0.1) is 0 Å². The molecule has 0 bridgehead atoms. The van der Waals surface area contributed by atoms with Crippen LogP contribution in [-0.2, 0) is 0 Å². The predicted molar refractivity (Wildman–Crippen MR) is 88.0 cm³/mol. The smallest absolute Gasteiger partial charge is 0.197 e. The number of ketones is 1. The molecule has 0 amide bonds. The van der Waals surface area contributed by atoms with Crippen molar-refractivity contribution in [2.24, 2.45) is 10.8 Å². The van der Waals surface area contributed by atoms with E-state index in [0.29, 0.717) is 10.0 Å². The molecule has 0 spiro atoms. The highest BCUT2D eigenvalue weighted by Gasteiger charge is 2.26. The van der Waals surface area contributed by atoms with Gasteiger partial charge in [0.15, 0.2) is 11.0 Å². The van der Waals surface area contributed by atoms with Crippen LogP contribution in [0.5, 0.6) is 0 Å². The zero-order valence-corrected chi connectivity index (χ0v) is 12.7. The first kappa shape index (κ1) is 13.9. The van der Waals surface area contributed by atoms with Crippen molar-refractivity contribution in [2.75, 3.05) is 0 Å². The highest BCUT2D eigenvalue weighted by molar-refractivity contribution is 8.14. The molecule has 2 aromatic rings. The SMILES string of the molecule is NC1=NN(/C=C/C(=O)c2cccs2)C(c2ccccc2)S1. The lowest BCUT2D eigenvalue weighted by Gasteiger charge is -2.18. The van der Waals surface area contributed by atoms with Gasteiger partial charge in [-0.3, -0.25) is 9.80 Å². The van der Waals surface area contributed by atoms with Crippen LogP contribution in [-0.4, -0.2) is 16.0 Å². The maximum Gasteiger partial charge on any atom is 0.197 e. The van der Waals surface area contributed by atoms with Gasteiger partial charge >= 0.3 is 0 Å². The average molecular weight is 315 g/mol. The van der Waals surface area contributed by atoms with Gasteiger partial charge in [0.2, 0.25) is 0 Å². The molecule has 1 unspecified atom stereocenters. The Morgan fingerprint density at radius 2 is 2.05 bits per heavy atom. The number of carbonyl (C=O) groups excluding carboxylic acids is 1. The second-order valence-electron chi connectivity index (χ2n) is 4.36. The van der Waals surface area contributed by atoms with E-state index < -0.39 is 0 Å². The molecule has 1 aromatic carbocycles.